The molecule has 3 N–H and O–H groups in total. The summed E-state index contributed by atoms with van der Waals surface area (Å²) in [4.78, 5) is 24.1. The number of piperidine rings is 1. The molecule has 2 fully saturated rings. The molecule has 1 aliphatic heterocycles. The fourth-order valence-corrected chi connectivity index (χ4v) is 6.68. The van der Waals surface area contributed by atoms with Crippen molar-refractivity contribution in [1.82, 2.24) is 24.9 Å². The zero-order valence-electron chi connectivity index (χ0n) is 23.7. The Hall–Kier alpha value is -3.41. The van der Waals surface area contributed by atoms with Gasteiger partial charge in [-0.25, -0.2) is 27.5 Å². The molecular weight excluding hydrogens is 543 g/mol. The van der Waals surface area contributed by atoms with Crippen LogP contribution < -0.4 is 15.4 Å². The summed E-state index contributed by atoms with van der Waals surface area (Å²) in [6.45, 7) is 5.48. The number of hydrogen-bond acceptors (Lipinski definition) is 7. The zero-order valence-corrected chi connectivity index (χ0v) is 24.5. The highest BCUT2D eigenvalue weighted by Gasteiger charge is 2.26. The third kappa shape index (κ3) is 7.09. The van der Waals surface area contributed by atoms with Crippen LogP contribution in [0.15, 0.2) is 47.5 Å². The molecule has 2 heterocycles. The molecule has 2 aliphatic rings. The number of hydrogen-bond donors (Lipinski definition) is 3. The van der Waals surface area contributed by atoms with E-state index in [1.54, 1.807) is 25.3 Å². The van der Waals surface area contributed by atoms with Gasteiger partial charge in [0.1, 0.15) is 5.82 Å². The van der Waals surface area contributed by atoms with Gasteiger partial charge in [0.15, 0.2) is 0 Å². The van der Waals surface area contributed by atoms with Crippen molar-refractivity contribution in [3.05, 3.63) is 76.4 Å². The summed E-state index contributed by atoms with van der Waals surface area (Å²) < 4.78 is 43.7. The van der Waals surface area contributed by atoms with Gasteiger partial charge in [0.05, 0.1) is 16.2 Å². The predicted octanol–water partition coefficient (Wildman–Crippen LogP) is 4.22. The SMILES string of the molecule is Cc1ccc(Cc2nc(Nc3ccc(C(=O)NC4CCN(C)CC4)c(F)c3)ncc2C)cc1S(=O)(=O)NC1CCC1. The number of carbonyl (C=O) groups is 1. The second-order valence-corrected chi connectivity index (χ2v) is 12.9. The molecule has 0 radical (unpaired) electrons. The maximum absolute atomic E-state index is 14.9. The Balaban J connectivity index is 1.27. The van der Waals surface area contributed by atoms with E-state index in [-0.39, 0.29) is 28.5 Å². The molecule has 1 amide bonds. The van der Waals surface area contributed by atoms with Crippen molar-refractivity contribution in [3.63, 3.8) is 0 Å². The Morgan fingerprint density at radius 2 is 1.78 bits per heavy atom. The van der Waals surface area contributed by atoms with Gasteiger partial charge in [0, 0.05) is 30.4 Å². The predicted molar refractivity (Wildman–Crippen MR) is 156 cm³/mol. The molecule has 1 saturated carbocycles. The van der Waals surface area contributed by atoms with Crippen molar-refractivity contribution in [2.75, 3.05) is 25.5 Å². The quantitative estimate of drug-likeness (QED) is 0.347. The topological polar surface area (TPSA) is 116 Å². The molecule has 0 bridgehead atoms. The number of sulfonamides is 1. The van der Waals surface area contributed by atoms with Crippen LogP contribution in [0.25, 0.3) is 0 Å². The van der Waals surface area contributed by atoms with E-state index in [0.717, 1.165) is 62.0 Å². The number of likely N-dealkylation sites (tertiary alicyclic amines) is 1. The molecule has 0 unspecified atom stereocenters. The third-order valence-electron chi connectivity index (χ3n) is 7.94. The first-order valence-corrected chi connectivity index (χ1v) is 15.6. The number of nitrogens with zero attached hydrogens (tertiary/aromatic N) is 3. The number of amides is 1. The van der Waals surface area contributed by atoms with Gasteiger partial charge in [-0.1, -0.05) is 18.6 Å². The van der Waals surface area contributed by atoms with Crippen molar-refractivity contribution < 1.29 is 17.6 Å². The summed E-state index contributed by atoms with van der Waals surface area (Å²) in [6, 6.07) is 9.82. The summed E-state index contributed by atoms with van der Waals surface area (Å²) in [5, 5.41) is 5.97. The molecule has 9 nitrogen and oxygen atoms in total. The second-order valence-electron chi connectivity index (χ2n) is 11.2. The number of aromatic nitrogens is 2. The summed E-state index contributed by atoms with van der Waals surface area (Å²) in [5.74, 6) is -0.767. The second kappa shape index (κ2) is 12.2. The van der Waals surface area contributed by atoms with Crippen LogP contribution in [0.4, 0.5) is 16.0 Å². The van der Waals surface area contributed by atoms with Crippen molar-refractivity contribution in [2.24, 2.45) is 0 Å². The lowest BCUT2D eigenvalue weighted by molar-refractivity contribution is 0.0913. The standard InChI is InChI=1S/C30H37FN6O3S/c1-19-7-8-21(16-28(19)41(39,40)36-23-5-4-6-23)15-27-20(2)18-32-30(35-27)34-24-9-10-25(26(31)17-24)29(38)33-22-11-13-37(3)14-12-22/h7-10,16-18,22-23,36H,4-6,11-15H2,1-3H3,(H,33,38)(H,32,34,35). The molecule has 218 valence electrons. The van der Waals surface area contributed by atoms with Gasteiger partial charge in [0.2, 0.25) is 16.0 Å². The minimum Gasteiger partial charge on any atom is -0.349 e. The van der Waals surface area contributed by atoms with Crippen LogP contribution in [-0.2, 0) is 16.4 Å². The zero-order chi connectivity index (χ0) is 29.1. The first-order valence-electron chi connectivity index (χ1n) is 14.1. The average Bonchev–Trinajstić information content (AvgIpc) is 2.90. The van der Waals surface area contributed by atoms with Crippen molar-refractivity contribution in [3.8, 4) is 0 Å². The van der Waals surface area contributed by atoms with Crippen LogP contribution in [0.2, 0.25) is 0 Å². The number of nitrogens with one attached hydrogen (secondary N) is 3. The molecule has 5 rings (SSSR count). The molecule has 0 atom stereocenters. The highest BCUT2D eigenvalue weighted by Crippen LogP contribution is 2.25. The van der Waals surface area contributed by atoms with Gasteiger partial charge in [-0.3, -0.25) is 4.79 Å². The molecule has 3 aromatic rings. The molecule has 1 aliphatic carbocycles. The minimum absolute atomic E-state index is 0.00285. The van der Waals surface area contributed by atoms with E-state index in [0.29, 0.717) is 17.7 Å². The minimum atomic E-state index is -3.61. The molecule has 1 saturated heterocycles. The van der Waals surface area contributed by atoms with E-state index < -0.39 is 21.7 Å². The van der Waals surface area contributed by atoms with E-state index in [4.69, 9.17) is 0 Å². The molecule has 11 heteroatoms. The maximum Gasteiger partial charge on any atom is 0.254 e. The highest BCUT2D eigenvalue weighted by atomic mass is 32.2. The van der Waals surface area contributed by atoms with Gasteiger partial charge in [-0.15, -0.1) is 0 Å². The molecule has 0 spiro atoms. The number of halogens is 1. The van der Waals surface area contributed by atoms with Crippen LogP contribution in [0, 0.1) is 19.7 Å². The summed E-state index contributed by atoms with van der Waals surface area (Å²) in [5.41, 5.74) is 3.48. The van der Waals surface area contributed by atoms with Gasteiger partial charge >= 0.3 is 0 Å². The third-order valence-corrected chi connectivity index (χ3v) is 9.60. The smallest absolute Gasteiger partial charge is 0.254 e. The number of rotatable bonds is 9. The lowest BCUT2D eigenvalue weighted by Crippen LogP contribution is -2.43. The van der Waals surface area contributed by atoms with Gasteiger partial charge in [-0.2, -0.15) is 0 Å². The van der Waals surface area contributed by atoms with Crippen molar-refractivity contribution in [1.29, 1.82) is 0 Å². The monoisotopic (exact) mass is 580 g/mol. The fraction of sp³-hybridized carbons (Fsp3) is 0.433. The van der Waals surface area contributed by atoms with E-state index in [1.807, 2.05) is 26.1 Å². The summed E-state index contributed by atoms with van der Waals surface area (Å²) in [6.07, 6.45) is 6.54. The van der Waals surface area contributed by atoms with Gasteiger partial charge in [-0.05, 0) is 101 Å². The number of aryl methyl sites for hydroxylation is 2. The largest absolute Gasteiger partial charge is 0.349 e. The Morgan fingerprint density at radius 3 is 2.46 bits per heavy atom. The normalized spacial score (nSPS) is 16.8. The van der Waals surface area contributed by atoms with Crippen LogP contribution in [-0.4, -0.2) is 61.4 Å². The molecular formula is C30H37FN6O3S. The number of anilines is 2. The first kappa shape index (κ1) is 29.1. The lowest BCUT2D eigenvalue weighted by atomic mass is 9.94. The van der Waals surface area contributed by atoms with Gasteiger partial charge < -0.3 is 15.5 Å². The summed E-state index contributed by atoms with van der Waals surface area (Å²) >= 11 is 0. The van der Waals surface area contributed by atoms with Crippen LogP contribution >= 0.6 is 0 Å². The van der Waals surface area contributed by atoms with Crippen LogP contribution in [0.1, 0.15) is 64.8 Å². The van der Waals surface area contributed by atoms with Crippen LogP contribution in [0.3, 0.4) is 0 Å². The molecule has 2 aromatic carbocycles. The Kier molecular flexibility index (Phi) is 8.67. The fourth-order valence-electron chi connectivity index (χ4n) is 5.09. The first-order chi connectivity index (χ1) is 19.6. The number of benzene rings is 2. The van der Waals surface area contributed by atoms with Gasteiger partial charge in [0.25, 0.3) is 5.91 Å². The van der Waals surface area contributed by atoms with Crippen molar-refractivity contribution >= 4 is 27.6 Å². The Morgan fingerprint density at radius 1 is 1.02 bits per heavy atom. The van der Waals surface area contributed by atoms with E-state index in [1.165, 1.54) is 12.1 Å². The molecule has 1 aromatic heterocycles. The number of carbonyl (C=O) groups excluding carboxylic acids is 1. The Labute approximate surface area is 241 Å². The van der Waals surface area contributed by atoms with Crippen molar-refractivity contribution in [2.45, 2.75) is 69.4 Å². The van der Waals surface area contributed by atoms with E-state index in [2.05, 4.69) is 30.2 Å². The maximum atomic E-state index is 14.9. The average molecular weight is 581 g/mol. The van der Waals surface area contributed by atoms with Crippen LogP contribution in [0.5, 0.6) is 0 Å². The molecule has 41 heavy (non-hydrogen) atoms. The Bertz CT molecular complexity index is 1540. The van der Waals surface area contributed by atoms with E-state index >= 15 is 0 Å². The lowest BCUT2D eigenvalue weighted by Gasteiger charge is -2.29. The van der Waals surface area contributed by atoms with E-state index in [9.17, 15) is 17.6 Å². The summed E-state index contributed by atoms with van der Waals surface area (Å²) in [7, 11) is -1.56. The highest BCUT2D eigenvalue weighted by molar-refractivity contribution is 7.89.